The summed E-state index contributed by atoms with van der Waals surface area (Å²) < 4.78 is 0. The molecule has 2 amide bonds. The van der Waals surface area contributed by atoms with Crippen LogP contribution in [0.25, 0.3) is 0 Å². The summed E-state index contributed by atoms with van der Waals surface area (Å²) in [6, 6.07) is 15.4. The standard InChI is InChI=1S/C19H20N2O2/c1-2-20-18(22)14-7-5-6-13(10-14)11-15-12-21-19(23)17-9-4-3-8-16(15)17/h3-10,15H,2,11-12H2,1H3,(H,20,22)(H,21,23). The highest BCUT2D eigenvalue weighted by Crippen LogP contribution is 2.27. The molecule has 3 rings (SSSR count). The minimum atomic E-state index is -0.0494. The van der Waals surface area contributed by atoms with Gasteiger partial charge < -0.3 is 10.6 Å². The molecule has 2 aromatic carbocycles. The third kappa shape index (κ3) is 3.26. The lowest BCUT2D eigenvalue weighted by Crippen LogP contribution is -2.35. The minimum absolute atomic E-state index is 0.00655. The van der Waals surface area contributed by atoms with E-state index in [4.69, 9.17) is 0 Å². The number of carbonyl (C=O) groups is 2. The Labute approximate surface area is 135 Å². The van der Waals surface area contributed by atoms with Gasteiger partial charge in [-0.15, -0.1) is 0 Å². The van der Waals surface area contributed by atoms with Crippen molar-refractivity contribution in [3.63, 3.8) is 0 Å². The molecule has 4 nitrogen and oxygen atoms in total. The molecule has 118 valence electrons. The molecule has 2 N–H and O–H groups in total. The van der Waals surface area contributed by atoms with E-state index < -0.39 is 0 Å². The number of hydrogen-bond donors (Lipinski definition) is 2. The Balaban J connectivity index is 1.83. The Bertz CT molecular complexity index is 740. The van der Waals surface area contributed by atoms with Crippen LogP contribution in [0.1, 0.15) is 44.7 Å². The van der Waals surface area contributed by atoms with Gasteiger partial charge in [0.15, 0.2) is 0 Å². The normalized spacial score (nSPS) is 16.4. The quantitative estimate of drug-likeness (QED) is 0.912. The molecule has 0 spiro atoms. The molecule has 0 bridgehead atoms. The maximum Gasteiger partial charge on any atom is 0.251 e. The lowest BCUT2D eigenvalue weighted by Gasteiger charge is -2.26. The fraction of sp³-hybridized carbons (Fsp3) is 0.263. The van der Waals surface area contributed by atoms with Crippen LogP contribution in [-0.2, 0) is 6.42 Å². The minimum Gasteiger partial charge on any atom is -0.352 e. The van der Waals surface area contributed by atoms with Gasteiger partial charge >= 0.3 is 0 Å². The van der Waals surface area contributed by atoms with E-state index in [-0.39, 0.29) is 17.7 Å². The molecule has 0 saturated carbocycles. The van der Waals surface area contributed by atoms with Gasteiger partial charge in [0.05, 0.1) is 0 Å². The van der Waals surface area contributed by atoms with Crippen LogP contribution < -0.4 is 10.6 Å². The maximum atomic E-state index is 12.0. The first-order chi connectivity index (χ1) is 11.2. The van der Waals surface area contributed by atoms with Crippen LogP contribution in [0.5, 0.6) is 0 Å². The van der Waals surface area contributed by atoms with E-state index in [0.717, 1.165) is 23.1 Å². The van der Waals surface area contributed by atoms with Crippen LogP contribution in [0.15, 0.2) is 48.5 Å². The lowest BCUT2D eigenvalue weighted by atomic mass is 9.85. The van der Waals surface area contributed by atoms with Crippen molar-refractivity contribution in [1.29, 1.82) is 0 Å². The fourth-order valence-electron chi connectivity index (χ4n) is 3.05. The number of hydrogen-bond acceptors (Lipinski definition) is 2. The molecule has 1 atom stereocenters. The SMILES string of the molecule is CCNC(=O)c1cccc(CC2CNC(=O)c3ccccc32)c1. The first-order valence-electron chi connectivity index (χ1n) is 7.93. The largest absolute Gasteiger partial charge is 0.352 e. The van der Waals surface area contributed by atoms with Gasteiger partial charge in [-0.2, -0.15) is 0 Å². The smallest absolute Gasteiger partial charge is 0.251 e. The van der Waals surface area contributed by atoms with Gasteiger partial charge in [-0.3, -0.25) is 9.59 Å². The van der Waals surface area contributed by atoms with Gasteiger partial charge in [0.1, 0.15) is 0 Å². The molecule has 4 heteroatoms. The second-order valence-corrected chi connectivity index (χ2v) is 5.76. The zero-order chi connectivity index (χ0) is 16.2. The van der Waals surface area contributed by atoms with E-state index in [1.165, 1.54) is 0 Å². The molecule has 0 aliphatic carbocycles. The van der Waals surface area contributed by atoms with E-state index in [2.05, 4.69) is 10.6 Å². The lowest BCUT2D eigenvalue weighted by molar-refractivity contribution is 0.0937. The first kappa shape index (κ1) is 15.3. The number of fused-ring (bicyclic) bond motifs is 1. The molecule has 1 unspecified atom stereocenters. The van der Waals surface area contributed by atoms with E-state index in [9.17, 15) is 9.59 Å². The van der Waals surface area contributed by atoms with Gasteiger partial charge in [-0.05, 0) is 42.7 Å². The van der Waals surface area contributed by atoms with E-state index in [1.807, 2.05) is 55.5 Å². The molecular formula is C19H20N2O2. The number of rotatable bonds is 4. The van der Waals surface area contributed by atoms with Gasteiger partial charge in [0, 0.05) is 30.1 Å². The number of amides is 2. The number of nitrogens with one attached hydrogen (secondary N) is 2. The van der Waals surface area contributed by atoms with Crippen LogP contribution in [0.2, 0.25) is 0 Å². The summed E-state index contributed by atoms with van der Waals surface area (Å²) in [5, 5.41) is 5.77. The van der Waals surface area contributed by atoms with E-state index in [0.29, 0.717) is 18.7 Å². The van der Waals surface area contributed by atoms with Crippen molar-refractivity contribution in [3.05, 3.63) is 70.8 Å². The second-order valence-electron chi connectivity index (χ2n) is 5.76. The Morgan fingerprint density at radius 1 is 1.22 bits per heavy atom. The van der Waals surface area contributed by atoms with Crippen molar-refractivity contribution in [2.75, 3.05) is 13.1 Å². The zero-order valence-electron chi connectivity index (χ0n) is 13.1. The van der Waals surface area contributed by atoms with Crippen molar-refractivity contribution >= 4 is 11.8 Å². The summed E-state index contributed by atoms with van der Waals surface area (Å²) in [4.78, 5) is 23.9. The van der Waals surface area contributed by atoms with Gasteiger partial charge in [0.25, 0.3) is 11.8 Å². The summed E-state index contributed by atoms with van der Waals surface area (Å²) >= 11 is 0. The first-order valence-corrected chi connectivity index (χ1v) is 7.93. The van der Waals surface area contributed by atoms with Crippen molar-refractivity contribution < 1.29 is 9.59 Å². The Morgan fingerprint density at radius 3 is 2.87 bits per heavy atom. The molecule has 1 aliphatic heterocycles. The van der Waals surface area contributed by atoms with E-state index in [1.54, 1.807) is 0 Å². The van der Waals surface area contributed by atoms with Crippen molar-refractivity contribution in [2.24, 2.45) is 0 Å². The summed E-state index contributed by atoms with van der Waals surface area (Å²) in [5.74, 6) is 0.174. The molecule has 23 heavy (non-hydrogen) atoms. The predicted molar refractivity (Wildman–Crippen MR) is 89.7 cm³/mol. The summed E-state index contributed by atoms with van der Waals surface area (Å²) in [5.41, 5.74) is 3.62. The highest BCUT2D eigenvalue weighted by molar-refractivity contribution is 5.97. The summed E-state index contributed by atoms with van der Waals surface area (Å²) in [7, 11) is 0. The van der Waals surface area contributed by atoms with E-state index >= 15 is 0 Å². The highest BCUT2D eigenvalue weighted by Gasteiger charge is 2.24. The Kier molecular flexibility index (Phi) is 4.42. The third-order valence-corrected chi connectivity index (χ3v) is 4.16. The molecule has 0 saturated heterocycles. The maximum absolute atomic E-state index is 12.0. The summed E-state index contributed by atoms with van der Waals surface area (Å²) in [6.07, 6.45) is 0.796. The van der Waals surface area contributed by atoms with Gasteiger partial charge in [-0.25, -0.2) is 0 Å². The molecular weight excluding hydrogens is 288 g/mol. The highest BCUT2D eigenvalue weighted by atomic mass is 16.2. The third-order valence-electron chi connectivity index (χ3n) is 4.16. The van der Waals surface area contributed by atoms with Crippen LogP contribution >= 0.6 is 0 Å². The van der Waals surface area contributed by atoms with Gasteiger partial charge in [0.2, 0.25) is 0 Å². The molecule has 0 radical (unpaired) electrons. The molecule has 0 fully saturated rings. The fourth-order valence-corrected chi connectivity index (χ4v) is 3.05. The predicted octanol–water partition coefficient (Wildman–Crippen LogP) is 2.51. The molecule has 2 aromatic rings. The Hall–Kier alpha value is -2.62. The second kappa shape index (κ2) is 6.65. The molecule has 1 heterocycles. The average Bonchev–Trinajstić information content (AvgIpc) is 2.58. The van der Waals surface area contributed by atoms with Gasteiger partial charge in [-0.1, -0.05) is 30.3 Å². The van der Waals surface area contributed by atoms with Crippen LogP contribution in [0, 0.1) is 0 Å². The van der Waals surface area contributed by atoms with Crippen LogP contribution in [-0.4, -0.2) is 24.9 Å². The molecule has 1 aliphatic rings. The monoisotopic (exact) mass is 308 g/mol. The van der Waals surface area contributed by atoms with Crippen LogP contribution in [0.4, 0.5) is 0 Å². The topological polar surface area (TPSA) is 58.2 Å². The zero-order valence-corrected chi connectivity index (χ0v) is 13.1. The average molecular weight is 308 g/mol. The summed E-state index contributed by atoms with van der Waals surface area (Å²) in [6.45, 7) is 3.15. The van der Waals surface area contributed by atoms with Crippen LogP contribution in [0.3, 0.4) is 0 Å². The Morgan fingerprint density at radius 2 is 2.04 bits per heavy atom. The molecule has 0 aromatic heterocycles. The van der Waals surface area contributed by atoms with Crippen molar-refractivity contribution in [2.45, 2.75) is 19.3 Å². The number of carbonyl (C=O) groups excluding carboxylic acids is 2. The van der Waals surface area contributed by atoms with Crippen molar-refractivity contribution in [1.82, 2.24) is 10.6 Å². The van der Waals surface area contributed by atoms with Crippen molar-refractivity contribution in [3.8, 4) is 0 Å². The number of benzene rings is 2.